The maximum Gasteiger partial charge on any atom is 0.151 e. The smallest absolute Gasteiger partial charge is 0.151 e. The van der Waals surface area contributed by atoms with Crippen molar-refractivity contribution in [2.24, 2.45) is 0 Å². The lowest BCUT2D eigenvalue weighted by Gasteiger charge is -2.15. The molecule has 1 saturated heterocycles. The van der Waals surface area contributed by atoms with Crippen molar-refractivity contribution in [2.75, 3.05) is 18.0 Å². The molecule has 0 unspecified atom stereocenters. The number of aromatic amines is 1. The zero-order valence-electron chi connectivity index (χ0n) is 14.0. The van der Waals surface area contributed by atoms with Crippen LogP contribution < -0.4 is 9.64 Å². The van der Waals surface area contributed by atoms with Crippen LogP contribution in [-0.4, -0.2) is 39.6 Å². The third-order valence-electron chi connectivity index (χ3n) is 4.25. The third kappa shape index (κ3) is 2.79. The number of nitrogens with zero attached hydrogens (tertiary/aromatic N) is 4. The van der Waals surface area contributed by atoms with E-state index in [-0.39, 0.29) is 6.10 Å². The Labute approximate surface area is 140 Å². The van der Waals surface area contributed by atoms with Crippen molar-refractivity contribution in [3.63, 3.8) is 0 Å². The van der Waals surface area contributed by atoms with E-state index in [1.807, 2.05) is 32.0 Å². The SMILES string of the molecule is CC(C)Oc1ccc2[nH]nc(-c3cnnc(N4CCCC4)c3)c2c1. The van der Waals surface area contributed by atoms with E-state index in [2.05, 4.69) is 31.4 Å². The second kappa shape index (κ2) is 6.11. The summed E-state index contributed by atoms with van der Waals surface area (Å²) < 4.78 is 5.81. The van der Waals surface area contributed by atoms with Crippen molar-refractivity contribution < 1.29 is 4.74 Å². The quantitative estimate of drug-likeness (QED) is 0.797. The van der Waals surface area contributed by atoms with Crippen LogP contribution in [0.25, 0.3) is 22.2 Å². The molecule has 1 aromatic carbocycles. The summed E-state index contributed by atoms with van der Waals surface area (Å²) in [6.07, 6.45) is 4.34. The van der Waals surface area contributed by atoms with Crippen LogP contribution in [0.3, 0.4) is 0 Å². The highest BCUT2D eigenvalue weighted by atomic mass is 16.5. The molecule has 4 rings (SSSR count). The first-order valence-electron chi connectivity index (χ1n) is 8.43. The summed E-state index contributed by atoms with van der Waals surface area (Å²) in [5.74, 6) is 1.78. The summed E-state index contributed by atoms with van der Waals surface area (Å²) in [6, 6.07) is 8.07. The van der Waals surface area contributed by atoms with Gasteiger partial charge in [-0.2, -0.15) is 10.2 Å². The maximum absolute atomic E-state index is 5.81. The summed E-state index contributed by atoms with van der Waals surface area (Å²) in [6.45, 7) is 6.14. The lowest BCUT2D eigenvalue weighted by Crippen LogP contribution is -2.19. The Bertz CT molecular complexity index is 851. The number of nitrogens with one attached hydrogen (secondary N) is 1. The highest BCUT2D eigenvalue weighted by Gasteiger charge is 2.16. The average Bonchev–Trinajstić information content (AvgIpc) is 3.24. The predicted octanol–water partition coefficient (Wildman–Crippen LogP) is 3.41. The van der Waals surface area contributed by atoms with Crippen LogP contribution in [0.5, 0.6) is 5.75 Å². The van der Waals surface area contributed by atoms with E-state index in [1.54, 1.807) is 6.20 Å². The first-order chi connectivity index (χ1) is 11.7. The van der Waals surface area contributed by atoms with Crippen LogP contribution in [0.4, 0.5) is 5.82 Å². The van der Waals surface area contributed by atoms with Gasteiger partial charge in [0.15, 0.2) is 5.82 Å². The molecule has 3 aromatic rings. The first-order valence-corrected chi connectivity index (χ1v) is 8.43. The van der Waals surface area contributed by atoms with Gasteiger partial charge in [0, 0.05) is 24.0 Å². The first kappa shape index (κ1) is 14.9. The molecule has 0 amide bonds. The summed E-state index contributed by atoms with van der Waals surface area (Å²) in [7, 11) is 0. The van der Waals surface area contributed by atoms with Crippen molar-refractivity contribution in [1.82, 2.24) is 20.4 Å². The van der Waals surface area contributed by atoms with Crippen LogP contribution in [-0.2, 0) is 0 Å². The molecule has 3 heterocycles. The van der Waals surface area contributed by atoms with Gasteiger partial charge in [-0.1, -0.05) is 0 Å². The van der Waals surface area contributed by atoms with Crippen molar-refractivity contribution in [3.8, 4) is 17.0 Å². The normalized spacial score (nSPS) is 14.7. The van der Waals surface area contributed by atoms with Crippen molar-refractivity contribution >= 4 is 16.7 Å². The van der Waals surface area contributed by atoms with E-state index in [0.717, 1.165) is 46.8 Å². The van der Waals surface area contributed by atoms with Gasteiger partial charge in [-0.15, -0.1) is 5.10 Å². The van der Waals surface area contributed by atoms with Gasteiger partial charge in [-0.3, -0.25) is 5.10 Å². The molecule has 24 heavy (non-hydrogen) atoms. The molecule has 1 aliphatic rings. The lowest BCUT2D eigenvalue weighted by atomic mass is 10.1. The van der Waals surface area contributed by atoms with Crippen LogP contribution in [0, 0.1) is 0 Å². The Morgan fingerprint density at radius 1 is 1.17 bits per heavy atom. The highest BCUT2D eigenvalue weighted by molar-refractivity contribution is 5.93. The minimum absolute atomic E-state index is 0.141. The Kier molecular flexibility index (Phi) is 3.80. The summed E-state index contributed by atoms with van der Waals surface area (Å²) in [4.78, 5) is 2.28. The fourth-order valence-electron chi connectivity index (χ4n) is 3.14. The van der Waals surface area contributed by atoms with Crippen molar-refractivity contribution in [3.05, 3.63) is 30.5 Å². The monoisotopic (exact) mass is 323 g/mol. The fourth-order valence-corrected chi connectivity index (χ4v) is 3.14. The molecular weight excluding hydrogens is 302 g/mol. The Morgan fingerprint density at radius 3 is 2.79 bits per heavy atom. The predicted molar refractivity (Wildman–Crippen MR) is 94.3 cm³/mol. The van der Waals surface area contributed by atoms with E-state index < -0.39 is 0 Å². The van der Waals surface area contributed by atoms with Crippen LogP contribution >= 0.6 is 0 Å². The zero-order chi connectivity index (χ0) is 16.5. The van der Waals surface area contributed by atoms with E-state index in [1.165, 1.54) is 12.8 Å². The molecule has 1 N–H and O–H groups in total. The van der Waals surface area contributed by atoms with Crippen LogP contribution in [0.15, 0.2) is 30.5 Å². The number of anilines is 1. The van der Waals surface area contributed by atoms with E-state index in [0.29, 0.717) is 0 Å². The molecule has 124 valence electrons. The summed E-state index contributed by atoms with van der Waals surface area (Å²) >= 11 is 0. The molecule has 1 aliphatic heterocycles. The topological polar surface area (TPSA) is 66.9 Å². The largest absolute Gasteiger partial charge is 0.491 e. The minimum atomic E-state index is 0.141. The number of ether oxygens (including phenoxy) is 1. The number of hydrogen-bond acceptors (Lipinski definition) is 5. The number of fused-ring (bicyclic) bond motifs is 1. The van der Waals surface area contributed by atoms with Gasteiger partial charge in [0.25, 0.3) is 0 Å². The molecule has 0 aliphatic carbocycles. The van der Waals surface area contributed by atoms with Gasteiger partial charge >= 0.3 is 0 Å². The van der Waals surface area contributed by atoms with Gasteiger partial charge < -0.3 is 9.64 Å². The summed E-state index contributed by atoms with van der Waals surface area (Å²) in [5, 5.41) is 17.1. The van der Waals surface area contributed by atoms with Crippen LogP contribution in [0.1, 0.15) is 26.7 Å². The molecule has 0 saturated carbocycles. The molecule has 0 spiro atoms. The molecule has 0 atom stereocenters. The third-order valence-corrected chi connectivity index (χ3v) is 4.25. The maximum atomic E-state index is 5.81. The lowest BCUT2D eigenvalue weighted by molar-refractivity contribution is 0.243. The van der Waals surface area contributed by atoms with Gasteiger partial charge in [-0.05, 0) is 51.0 Å². The minimum Gasteiger partial charge on any atom is -0.491 e. The Hall–Kier alpha value is -2.63. The van der Waals surface area contributed by atoms with E-state index in [4.69, 9.17) is 4.74 Å². The van der Waals surface area contributed by atoms with Gasteiger partial charge in [0.2, 0.25) is 0 Å². The van der Waals surface area contributed by atoms with Crippen LogP contribution in [0.2, 0.25) is 0 Å². The van der Waals surface area contributed by atoms with E-state index >= 15 is 0 Å². The Morgan fingerprint density at radius 2 is 2.00 bits per heavy atom. The van der Waals surface area contributed by atoms with Gasteiger partial charge in [-0.25, -0.2) is 0 Å². The highest BCUT2D eigenvalue weighted by Crippen LogP contribution is 2.31. The van der Waals surface area contributed by atoms with Crippen molar-refractivity contribution in [2.45, 2.75) is 32.8 Å². The van der Waals surface area contributed by atoms with E-state index in [9.17, 15) is 0 Å². The van der Waals surface area contributed by atoms with Crippen molar-refractivity contribution in [1.29, 1.82) is 0 Å². The Balaban J connectivity index is 1.74. The second-order valence-electron chi connectivity index (χ2n) is 6.44. The molecule has 2 aromatic heterocycles. The molecule has 0 radical (unpaired) electrons. The summed E-state index contributed by atoms with van der Waals surface area (Å²) in [5.41, 5.74) is 2.84. The number of rotatable bonds is 4. The number of hydrogen-bond donors (Lipinski definition) is 1. The van der Waals surface area contributed by atoms with Gasteiger partial charge in [0.05, 0.1) is 17.8 Å². The molecular formula is C18H21N5O. The molecule has 6 heteroatoms. The molecule has 1 fully saturated rings. The number of benzene rings is 1. The molecule has 0 bridgehead atoms. The molecule has 6 nitrogen and oxygen atoms in total. The average molecular weight is 323 g/mol. The zero-order valence-corrected chi connectivity index (χ0v) is 14.0. The number of aromatic nitrogens is 4. The standard InChI is InChI=1S/C18H21N5O/c1-12(2)24-14-5-6-16-15(10-14)18(22-20-16)13-9-17(21-19-11-13)23-7-3-4-8-23/h5-6,9-12H,3-4,7-8H2,1-2H3,(H,20,22). The number of H-pyrrole nitrogens is 1. The second-order valence-corrected chi connectivity index (χ2v) is 6.44. The fraction of sp³-hybridized carbons (Fsp3) is 0.389. The van der Waals surface area contributed by atoms with Gasteiger partial charge in [0.1, 0.15) is 11.4 Å².